The maximum absolute atomic E-state index is 12.2. The Hall–Kier alpha value is -2.96. The Labute approximate surface area is 171 Å². The van der Waals surface area contributed by atoms with Crippen molar-refractivity contribution in [3.8, 4) is 5.75 Å². The predicted molar refractivity (Wildman–Crippen MR) is 108 cm³/mol. The minimum Gasteiger partial charge on any atom is -0.482 e. The summed E-state index contributed by atoms with van der Waals surface area (Å²) in [6.07, 6.45) is 1.42. The maximum Gasteiger partial charge on any atom is 0.291 e. The SMILES string of the molecule is Cc1cc(Cl)cc(Cl)c1OCC(=O)Nc1cccc(NC(=O)c2ccco2)c1. The van der Waals surface area contributed by atoms with Crippen LogP contribution in [0, 0.1) is 6.92 Å². The second-order valence-electron chi connectivity index (χ2n) is 5.88. The molecule has 0 radical (unpaired) electrons. The zero-order valence-corrected chi connectivity index (χ0v) is 16.3. The lowest BCUT2D eigenvalue weighted by atomic mass is 10.2. The van der Waals surface area contributed by atoms with Gasteiger partial charge >= 0.3 is 0 Å². The average Bonchev–Trinajstić information content (AvgIpc) is 3.16. The van der Waals surface area contributed by atoms with Gasteiger partial charge in [0.1, 0.15) is 5.75 Å². The molecule has 0 saturated heterocycles. The summed E-state index contributed by atoms with van der Waals surface area (Å²) in [7, 11) is 0. The number of hydrogen-bond donors (Lipinski definition) is 2. The lowest BCUT2D eigenvalue weighted by molar-refractivity contribution is -0.118. The second-order valence-corrected chi connectivity index (χ2v) is 6.73. The Morgan fingerprint density at radius 1 is 1.04 bits per heavy atom. The fourth-order valence-corrected chi connectivity index (χ4v) is 3.13. The number of carbonyl (C=O) groups excluding carboxylic acids is 2. The molecule has 0 spiro atoms. The van der Waals surface area contributed by atoms with Crippen molar-refractivity contribution >= 4 is 46.4 Å². The summed E-state index contributed by atoms with van der Waals surface area (Å²) in [5.41, 5.74) is 1.74. The van der Waals surface area contributed by atoms with Crippen LogP contribution >= 0.6 is 23.2 Å². The van der Waals surface area contributed by atoms with Crippen molar-refractivity contribution in [3.63, 3.8) is 0 Å². The van der Waals surface area contributed by atoms with Crippen LogP contribution in [0.15, 0.2) is 59.2 Å². The standard InChI is InChI=1S/C20H16Cl2N2O4/c1-12-8-13(21)9-16(22)19(12)28-11-18(25)23-14-4-2-5-15(10-14)24-20(26)17-6-3-7-27-17/h2-10H,11H2,1H3,(H,23,25)(H,24,26). The highest BCUT2D eigenvalue weighted by Gasteiger charge is 2.12. The smallest absolute Gasteiger partial charge is 0.291 e. The molecular formula is C20H16Cl2N2O4. The number of halogens is 2. The number of benzene rings is 2. The molecule has 28 heavy (non-hydrogen) atoms. The quantitative estimate of drug-likeness (QED) is 0.578. The topological polar surface area (TPSA) is 80.6 Å². The second kappa shape index (κ2) is 8.82. The first-order chi connectivity index (χ1) is 13.4. The molecule has 8 heteroatoms. The van der Waals surface area contributed by atoms with Crippen molar-refractivity contribution in [2.45, 2.75) is 6.92 Å². The van der Waals surface area contributed by atoms with E-state index < -0.39 is 0 Å². The monoisotopic (exact) mass is 418 g/mol. The highest BCUT2D eigenvalue weighted by Crippen LogP contribution is 2.31. The van der Waals surface area contributed by atoms with Gasteiger partial charge in [0.15, 0.2) is 12.4 Å². The van der Waals surface area contributed by atoms with Gasteiger partial charge in [0, 0.05) is 16.4 Å². The molecule has 0 atom stereocenters. The number of carbonyl (C=O) groups is 2. The van der Waals surface area contributed by atoms with E-state index in [1.54, 1.807) is 55.5 Å². The molecule has 6 nitrogen and oxygen atoms in total. The van der Waals surface area contributed by atoms with E-state index in [1.807, 2.05) is 0 Å². The Morgan fingerprint density at radius 2 is 1.79 bits per heavy atom. The summed E-state index contributed by atoms with van der Waals surface area (Å²) in [6.45, 7) is 1.56. The number of hydrogen-bond acceptors (Lipinski definition) is 4. The maximum atomic E-state index is 12.2. The molecule has 2 N–H and O–H groups in total. The van der Waals surface area contributed by atoms with Crippen LogP contribution in [0.1, 0.15) is 16.1 Å². The molecule has 1 heterocycles. The molecule has 0 fully saturated rings. The lowest BCUT2D eigenvalue weighted by Gasteiger charge is -2.12. The molecule has 3 aromatic rings. The molecule has 2 amide bonds. The van der Waals surface area contributed by atoms with Gasteiger partial charge in [-0.05, 0) is 55.0 Å². The van der Waals surface area contributed by atoms with Crippen molar-refractivity contribution in [1.82, 2.24) is 0 Å². The zero-order chi connectivity index (χ0) is 20.1. The van der Waals surface area contributed by atoms with Gasteiger partial charge in [0.2, 0.25) is 0 Å². The average molecular weight is 419 g/mol. The molecule has 0 aliphatic heterocycles. The van der Waals surface area contributed by atoms with Crippen LogP contribution in [0.5, 0.6) is 5.75 Å². The molecule has 0 unspecified atom stereocenters. The normalized spacial score (nSPS) is 10.4. The van der Waals surface area contributed by atoms with E-state index in [2.05, 4.69) is 10.6 Å². The fourth-order valence-electron chi connectivity index (χ4n) is 2.48. The number of aryl methyl sites for hydroxylation is 1. The van der Waals surface area contributed by atoms with Gasteiger partial charge in [-0.15, -0.1) is 0 Å². The molecule has 0 aliphatic rings. The predicted octanol–water partition coefficient (Wildman–Crippen LogP) is 5.16. The van der Waals surface area contributed by atoms with Gasteiger partial charge in [0.25, 0.3) is 11.8 Å². The zero-order valence-electron chi connectivity index (χ0n) is 14.8. The first kappa shape index (κ1) is 19.8. The third-order valence-electron chi connectivity index (χ3n) is 3.69. The van der Waals surface area contributed by atoms with Crippen molar-refractivity contribution < 1.29 is 18.7 Å². The summed E-state index contributed by atoms with van der Waals surface area (Å²) in [5.74, 6) is -0.164. The largest absolute Gasteiger partial charge is 0.482 e. The Balaban J connectivity index is 1.59. The van der Waals surface area contributed by atoms with Gasteiger partial charge in [-0.1, -0.05) is 29.3 Å². The van der Waals surface area contributed by atoms with Gasteiger partial charge in [0.05, 0.1) is 11.3 Å². The van der Waals surface area contributed by atoms with E-state index in [0.29, 0.717) is 27.2 Å². The summed E-state index contributed by atoms with van der Waals surface area (Å²) < 4.78 is 10.6. The van der Waals surface area contributed by atoms with Crippen molar-refractivity contribution in [1.29, 1.82) is 0 Å². The minimum absolute atomic E-state index is 0.193. The first-order valence-corrected chi connectivity index (χ1v) is 9.01. The van der Waals surface area contributed by atoms with Crippen LogP contribution in [0.2, 0.25) is 10.0 Å². The molecule has 3 rings (SSSR count). The van der Waals surface area contributed by atoms with Crippen LogP contribution in [-0.4, -0.2) is 18.4 Å². The van der Waals surface area contributed by atoms with Gasteiger partial charge in [-0.3, -0.25) is 9.59 Å². The van der Waals surface area contributed by atoms with E-state index in [4.69, 9.17) is 32.4 Å². The third kappa shape index (κ3) is 5.06. The van der Waals surface area contributed by atoms with E-state index in [-0.39, 0.29) is 24.2 Å². The summed E-state index contributed by atoms with van der Waals surface area (Å²) >= 11 is 12.0. The molecular weight excluding hydrogens is 403 g/mol. The molecule has 144 valence electrons. The third-order valence-corrected chi connectivity index (χ3v) is 4.19. The Bertz CT molecular complexity index is 980. The number of anilines is 2. The Kier molecular flexibility index (Phi) is 6.23. The van der Waals surface area contributed by atoms with Crippen LogP contribution in [-0.2, 0) is 4.79 Å². The highest BCUT2D eigenvalue weighted by molar-refractivity contribution is 6.35. The van der Waals surface area contributed by atoms with Crippen LogP contribution in [0.25, 0.3) is 0 Å². The summed E-state index contributed by atoms with van der Waals surface area (Å²) in [4.78, 5) is 24.2. The van der Waals surface area contributed by atoms with Gasteiger partial charge in [-0.25, -0.2) is 0 Å². The van der Waals surface area contributed by atoms with E-state index >= 15 is 0 Å². The molecule has 0 bridgehead atoms. The van der Waals surface area contributed by atoms with Crippen LogP contribution < -0.4 is 15.4 Å². The van der Waals surface area contributed by atoms with E-state index in [9.17, 15) is 9.59 Å². The van der Waals surface area contributed by atoms with Crippen molar-refractivity contribution in [2.24, 2.45) is 0 Å². The van der Waals surface area contributed by atoms with E-state index in [1.165, 1.54) is 6.26 Å². The Morgan fingerprint density at radius 3 is 2.46 bits per heavy atom. The van der Waals surface area contributed by atoms with Crippen LogP contribution in [0.3, 0.4) is 0 Å². The van der Waals surface area contributed by atoms with Crippen molar-refractivity contribution in [3.05, 3.63) is 76.2 Å². The minimum atomic E-state index is -0.385. The number of amides is 2. The summed E-state index contributed by atoms with van der Waals surface area (Å²) in [5, 5.41) is 6.22. The highest BCUT2D eigenvalue weighted by atomic mass is 35.5. The van der Waals surface area contributed by atoms with Crippen molar-refractivity contribution in [2.75, 3.05) is 17.2 Å². The number of furan rings is 1. The molecule has 2 aromatic carbocycles. The van der Waals surface area contributed by atoms with Crippen LogP contribution in [0.4, 0.5) is 11.4 Å². The molecule has 0 aliphatic carbocycles. The van der Waals surface area contributed by atoms with Gasteiger partial charge < -0.3 is 19.8 Å². The first-order valence-electron chi connectivity index (χ1n) is 8.25. The van der Waals surface area contributed by atoms with Gasteiger partial charge in [-0.2, -0.15) is 0 Å². The molecule has 1 aromatic heterocycles. The van der Waals surface area contributed by atoms with E-state index in [0.717, 1.165) is 5.56 Å². The summed E-state index contributed by atoms with van der Waals surface area (Å²) in [6, 6.07) is 13.2. The number of rotatable bonds is 6. The number of nitrogens with one attached hydrogen (secondary N) is 2. The number of ether oxygens (including phenoxy) is 1. The lowest BCUT2D eigenvalue weighted by Crippen LogP contribution is -2.20. The molecule has 0 saturated carbocycles. The fraction of sp³-hybridized carbons (Fsp3) is 0.100.